The summed E-state index contributed by atoms with van der Waals surface area (Å²) in [5.41, 5.74) is 1.91. The molecule has 1 atom stereocenters. The SMILES string of the molecule is CC(C)CNC(=O)[C@@H]1c2ccccc2C(=O)N(c2ccccc2)C12CCCCC2. The Morgan fingerprint density at radius 3 is 2.38 bits per heavy atom. The zero-order valence-electron chi connectivity index (χ0n) is 17.4. The van der Waals surface area contributed by atoms with Gasteiger partial charge in [0, 0.05) is 17.8 Å². The molecule has 1 fully saturated rings. The first-order valence-corrected chi connectivity index (χ1v) is 10.8. The predicted molar refractivity (Wildman–Crippen MR) is 116 cm³/mol. The van der Waals surface area contributed by atoms with Gasteiger partial charge in [-0.3, -0.25) is 9.59 Å². The van der Waals surface area contributed by atoms with E-state index in [1.165, 1.54) is 0 Å². The van der Waals surface area contributed by atoms with Crippen LogP contribution in [-0.4, -0.2) is 23.9 Å². The third kappa shape index (κ3) is 3.45. The van der Waals surface area contributed by atoms with Crippen molar-refractivity contribution in [2.45, 2.75) is 57.4 Å². The fourth-order valence-electron chi connectivity index (χ4n) is 5.10. The highest BCUT2D eigenvalue weighted by Crippen LogP contribution is 2.50. The Morgan fingerprint density at radius 1 is 1.03 bits per heavy atom. The number of amides is 2. The van der Waals surface area contributed by atoms with E-state index in [0.717, 1.165) is 43.4 Å². The van der Waals surface area contributed by atoms with Gasteiger partial charge in [-0.2, -0.15) is 0 Å². The fraction of sp³-hybridized carbons (Fsp3) is 0.440. The molecule has 0 saturated heterocycles. The molecule has 4 nitrogen and oxygen atoms in total. The molecule has 4 rings (SSSR count). The highest BCUT2D eigenvalue weighted by molar-refractivity contribution is 6.12. The highest BCUT2D eigenvalue weighted by atomic mass is 16.2. The molecule has 1 N–H and O–H groups in total. The van der Waals surface area contributed by atoms with Gasteiger partial charge in [-0.25, -0.2) is 0 Å². The van der Waals surface area contributed by atoms with Crippen molar-refractivity contribution in [2.24, 2.45) is 5.92 Å². The predicted octanol–water partition coefficient (Wildman–Crippen LogP) is 4.91. The lowest BCUT2D eigenvalue weighted by Gasteiger charge is -2.53. The number of benzene rings is 2. The lowest BCUT2D eigenvalue weighted by molar-refractivity contribution is -0.124. The van der Waals surface area contributed by atoms with Crippen LogP contribution in [0.2, 0.25) is 0 Å². The molecule has 1 aliphatic heterocycles. The smallest absolute Gasteiger partial charge is 0.259 e. The van der Waals surface area contributed by atoms with E-state index < -0.39 is 5.54 Å². The van der Waals surface area contributed by atoms with Crippen molar-refractivity contribution in [3.05, 3.63) is 65.7 Å². The Bertz CT molecular complexity index is 885. The summed E-state index contributed by atoms with van der Waals surface area (Å²) in [6.45, 7) is 4.85. The minimum absolute atomic E-state index is 0.0154. The molecule has 152 valence electrons. The number of carbonyl (C=O) groups excluding carboxylic acids is 2. The molecule has 0 aromatic heterocycles. The van der Waals surface area contributed by atoms with Crippen molar-refractivity contribution in [1.82, 2.24) is 5.32 Å². The van der Waals surface area contributed by atoms with E-state index in [-0.39, 0.29) is 17.7 Å². The number of fused-ring (bicyclic) bond motifs is 1. The average molecular weight is 391 g/mol. The zero-order chi connectivity index (χ0) is 20.4. The van der Waals surface area contributed by atoms with E-state index in [9.17, 15) is 9.59 Å². The van der Waals surface area contributed by atoms with Gasteiger partial charge in [0.2, 0.25) is 5.91 Å². The van der Waals surface area contributed by atoms with E-state index >= 15 is 0 Å². The molecule has 0 unspecified atom stereocenters. The summed E-state index contributed by atoms with van der Waals surface area (Å²) in [6.07, 6.45) is 4.92. The summed E-state index contributed by atoms with van der Waals surface area (Å²) in [5, 5.41) is 3.17. The van der Waals surface area contributed by atoms with E-state index in [2.05, 4.69) is 19.2 Å². The Balaban J connectivity index is 1.89. The van der Waals surface area contributed by atoms with E-state index in [1.54, 1.807) is 0 Å². The third-order valence-corrected chi connectivity index (χ3v) is 6.37. The van der Waals surface area contributed by atoms with Gasteiger partial charge in [-0.05, 0) is 42.5 Å². The number of rotatable bonds is 4. The molecule has 1 heterocycles. The molecule has 2 aromatic rings. The first-order valence-electron chi connectivity index (χ1n) is 10.8. The summed E-state index contributed by atoms with van der Waals surface area (Å²) in [5.74, 6) is 0.0886. The van der Waals surface area contributed by atoms with Crippen molar-refractivity contribution in [3.8, 4) is 0 Å². The Labute approximate surface area is 173 Å². The Morgan fingerprint density at radius 2 is 1.69 bits per heavy atom. The normalized spacial score (nSPS) is 20.6. The third-order valence-electron chi connectivity index (χ3n) is 6.37. The lowest BCUT2D eigenvalue weighted by Crippen LogP contribution is -2.63. The average Bonchev–Trinajstić information content (AvgIpc) is 2.74. The number of anilines is 1. The van der Waals surface area contributed by atoms with Gasteiger partial charge in [-0.15, -0.1) is 0 Å². The van der Waals surface area contributed by atoms with Crippen LogP contribution < -0.4 is 10.2 Å². The van der Waals surface area contributed by atoms with Crippen molar-refractivity contribution in [3.63, 3.8) is 0 Å². The molecule has 2 aliphatic rings. The van der Waals surface area contributed by atoms with Crippen LogP contribution in [0.5, 0.6) is 0 Å². The van der Waals surface area contributed by atoms with Crippen LogP contribution in [0.3, 0.4) is 0 Å². The highest BCUT2D eigenvalue weighted by Gasteiger charge is 2.55. The molecule has 1 aliphatic carbocycles. The second kappa shape index (κ2) is 8.02. The van der Waals surface area contributed by atoms with E-state index in [1.807, 2.05) is 59.5 Å². The number of hydrogen-bond acceptors (Lipinski definition) is 2. The molecule has 2 amide bonds. The van der Waals surface area contributed by atoms with E-state index in [4.69, 9.17) is 0 Å². The minimum atomic E-state index is -0.508. The molecule has 4 heteroatoms. The van der Waals surface area contributed by atoms with Crippen molar-refractivity contribution in [1.29, 1.82) is 0 Å². The monoisotopic (exact) mass is 390 g/mol. The summed E-state index contributed by atoms with van der Waals surface area (Å²) in [4.78, 5) is 29.2. The maximum Gasteiger partial charge on any atom is 0.259 e. The van der Waals surface area contributed by atoms with Gasteiger partial charge in [-0.1, -0.05) is 69.5 Å². The number of hydrogen-bond donors (Lipinski definition) is 1. The van der Waals surface area contributed by atoms with Crippen LogP contribution in [-0.2, 0) is 4.79 Å². The summed E-state index contributed by atoms with van der Waals surface area (Å²) >= 11 is 0. The molecular weight excluding hydrogens is 360 g/mol. The van der Waals surface area contributed by atoms with Gasteiger partial charge in [0.1, 0.15) is 0 Å². The van der Waals surface area contributed by atoms with Crippen LogP contribution in [0.4, 0.5) is 5.69 Å². The number of para-hydroxylation sites is 1. The molecule has 2 aromatic carbocycles. The zero-order valence-corrected chi connectivity index (χ0v) is 17.4. The number of carbonyl (C=O) groups is 2. The molecule has 29 heavy (non-hydrogen) atoms. The molecular formula is C25H30N2O2. The van der Waals surface area contributed by atoms with Crippen LogP contribution in [0.25, 0.3) is 0 Å². The quantitative estimate of drug-likeness (QED) is 0.807. The minimum Gasteiger partial charge on any atom is -0.355 e. The maximum absolute atomic E-state index is 13.7. The largest absolute Gasteiger partial charge is 0.355 e. The fourth-order valence-corrected chi connectivity index (χ4v) is 5.10. The number of nitrogens with one attached hydrogen (secondary N) is 1. The first-order chi connectivity index (χ1) is 14.0. The molecule has 0 bridgehead atoms. The summed E-state index contributed by atoms with van der Waals surface area (Å²) in [7, 11) is 0. The number of nitrogens with zero attached hydrogens (tertiary/aromatic N) is 1. The molecule has 0 radical (unpaired) electrons. The van der Waals surface area contributed by atoms with Crippen LogP contribution >= 0.6 is 0 Å². The molecule has 1 spiro atoms. The van der Waals surface area contributed by atoms with E-state index in [0.29, 0.717) is 18.0 Å². The topological polar surface area (TPSA) is 49.4 Å². The second-order valence-electron chi connectivity index (χ2n) is 8.80. The van der Waals surface area contributed by atoms with Crippen LogP contribution in [0.1, 0.15) is 67.8 Å². The Hall–Kier alpha value is -2.62. The lowest BCUT2D eigenvalue weighted by atomic mass is 9.65. The maximum atomic E-state index is 13.7. The Kier molecular flexibility index (Phi) is 5.44. The van der Waals surface area contributed by atoms with Gasteiger partial charge < -0.3 is 10.2 Å². The summed E-state index contributed by atoms with van der Waals surface area (Å²) < 4.78 is 0. The van der Waals surface area contributed by atoms with Crippen molar-refractivity contribution < 1.29 is 9.59 Å². The molecule has 1 saturated carbocycles. The van der Waals surface area contributed by atoms with Gasteiger partial charge in [0.25, 0.3) is 5.91 Å². The second-order valence-corrected chi connectivity index (χ2v) is 8.80. The van der Waals surface area contributed by atoms with Crippen molar-refractivity contribution in [2.75, 3.05) is 11.4 Å². The van der Waals surface area contributed by atoms with Crippen molar-refractivity contribution >= 4 is 17.5 Å². The van der Waals surface area contributed by atoms with Gasteiger partial charge in [0.15, 0.2) is 0 Å². The van der Waals surface area contributed by atoms with Crippen LogP contribution in [0, 0.1) is 5.92 Å². The standard InChI is InChI=1S/C25H30N2O2/c1-18(2)17-26-23(28)22-20-13-7-8-14-21(20)24(29)27(19-11-5-3-6-12-19)25(22)15-9-4-10-16-25/h3,5-8,11-14,18,22H,4,9-10,15-17H2,1-2H3,(H,26,28)/t22-/m0/s1. The van der Waals surface area contributed by atoms with Gasteiger partial charge in [0.05, 0.1) is 11.5 Å². The first kappa shape index (κ1) is 19.7. The van der Waals surface area contributed by atoms with Gasteiger partial charge >= 0.3 is 0 Å². The van der Waals surface area contributed by atoms with Crippen LogP contribution in [0.15, 0.2) is 54.6 Å². The summed E-state index contributed by atoms with van der Waals surface area (Å²) in [6, 6.07) is 17.6.